The van der Waals surface area contributed by atoms with Crippen LogP contribution in [0.5, 0.6) is 0 Å². The second-order valence-electron chi connectivity index (χ2n) is 17.3. The van der Waals surface area contributed by atoms with Gasteiger partial charge in [0.05, 0.1) is 11.4 Å². The molecular formula is C64H40N2S. The Kier molecular flexibility index (Phi) is 9.40. The molecule has 13 rings (SSSR count). The third-order valence-electron chi connectivity index (χ3n) is 13.3. The van der Waals surface area contributed by atoms with Crippen LogP contribution in [0.25, 0.3) is 131 Å². The van der Waals surface area contributed by atoms with Crippen LogP contribution >= 0.6 is 11.3 Å². The van der Waals surface area contributed by atoms with Crippen LogP contribution in [-0.2, 0) is 0 Å². The van der Waals surface area contributed by atoms with Crippen LogP contribution in [0.15, 0.2) is 243 Å². The van der Waals surface area contributed by atoms with Crippen molar-refractivity contribution < 1.29 is 0 Å². The first-order valence-electron chi connectivity index (χ1n) is 22.8. The van der Waals surface area contributed by atoms with Crippen LogP contribution in [0.1, 0.15) is 0 Å². The lowest BCUT2D eigenvalue weighted by Crippen LogP contribution is -1.96. The van der Waals surface area contributed by atoms with E-state index in [0.717, 1.165) is 33.5 Å². The molecule has 0 radical (unpaired) electrons. The lowest BCUT2D eigenvalue weighted by molar-refractivity contribution is 1.18. The van der Waals surface area contributed by atoms with Crippen molar-refractivity contribution in [3.8, 4) is 77.7 Å². The van der Waals surface area contributed by atoms with Gasteiger partial charge < -0.3 is 0 Å². The van der Waals surface area contributed by atoms with Gasteiger partial charge in [-0.2, -0.15) is 0 Å². The van der Waals surface area contributed by atoms with Gasteiger partial charge in [-0.05, 0) is 118 Å². The van der Waals surface area contributed by atoms with E-state index in [2.05, 4.69) is 224 Å². The summed E-state index contributed by atoms with van der Waals surface area (Å²) in [5.41, 5.74) is 13.4. The largest absolute Gasteiger partial charge is 0.228 e. The Morgan fingerprint density at radius 1 is 0.269 bits per heavy atom. The Bertz CT molecular complexity index is 3970. The number of thiophene rings is 1. The van der Waals surface area contributed by atoms with E-state index in [4.69, 9.17) is 9.97 Å². The van der Waals surface area contributed by atoms with E-state index in [1.807, 2.05) is 29.5 Å². The first kappa shape index (κ1) is 38.9. The van der Waals surface area contributed by atoms with Crippen LogP contribution in [0.4, 0.5) is 0 Å². The molecule has 0 bridgehead atoms. The molecular weight excluding hydrogens is 829 g/mol. The van der Waals surface area contributed by atoms with Gasteiger partial charge in [0.1, 0.15) is 0 Å². The summed E-state index contributed by atoms with van der Waals surface area (Å²) in [6.07, 6.45) is 0. The number of hydrogen-bond donors (Lipinski definition) is 0. The zero-order valence-corrected chi connectivity index (χ0v) is 37.2. The summed E-state index contributed by atoms with van der Waals surface area (Å²) in [5.74, 6) is 0.710. The zero-order chi connectivity index (χ0) is 44.3. The number of fused-ring (bicyclic) bond motifs is 6. The Morgan fingerprint density at radius 2 is 0.776 bits per heavy atom. The average molecular weight is 869 g/mol. The molecule has 0 unspecified atom stereocenters. The quantitative estimate of drug-likeness (QED) is 0.118. The van der Waals surface area contributed by atoms with E-state index in [0.29, 0.717) is 5.82 Å². The van der Waals surface area contributed by atoms with E-state index >= 15 is 0 Å². The van der Waals surface area contributed by atoms with E-state index < -0.39 is 0 Å². The van der Waals surface area contributed by atoms with Crippen LogP contribution in [0.3, 0.4) is 0 Å². The molecule has 2 nitrogen and oxygen atoms in total. The van der Waals surface area contributed by atoms with E-state index in [9.17, 15) is 0 Å². The molecule has 0 saturated carbocycles. The van der Waals surface area contributed by atoms with Crippen LogP contribution in [0.2, 0.25) is 0 Å². The lowest BCUT2D eigenvalue weighted by Gasteiger charge is -2.19. The predicted octanol–water partition coefficient (Wildman–Crippen LogP) is 18.0. The molecule has 2 aromatic heterocycles. The van der Waals surface area contributed by atoms with E-state index in [1.54, 1.807) is 0 Å². The van der Waals surface area contributed by atoms with Crippen molar-refractivity contribution in [1.82, 2.24) is 9.97 Å². The SMILES string of the molecule is c1ccc(-c2nc(-c3ccc(-c4cc5ccccc5s4)cc3)cc(-c3ccc4cc(-c5ccc(-c6c7ccccc7c(-c7ccccc7)c7ccc8ccccc8c67)cc5)ccc4c3)n2)cc1. The molecule has 0 atom stereocenters. The normalized spacial score (nSPS) is 11.6. The zero-order valence-electron chi connectivity index (χ0n) is 36.4. The highest BCUT2D eigenvalue weighted by Gasteiger charge is 2.19. The van der Waals surface area contributed by atoms with Crippen molar-refractivity contribution >= 4 is 64.5 Å². The van der Waals surface area contributed by atoms with Crippen molar-refractivity contribution in [3.05, 3.63) is 243 Å². The first-order chi connectivity index (χ1) is 33.2. The number of aromatic nitrogens is 2. The molecule has 0 fully saturated rings. The minimum absolute atomic E-state index is 0.710. The molecule has 0 aliphatic heterocycles. The second-order valence-corrected chi connectivity index (χ2v) is 18.4. The van der Waals surface area contributed by atoms with Crippen LogP contribution in [-0.4, -0.2) is 9.97 Å². The Balaban J connectivity index is 0.860. The van der Waals surface area contributed by atoms with Gasteiger partial charge in [0.25, 0.3) is 0 Å². The predicted molar refractivity (Wildman–Crippen MR) is 285 cm³/mol. The van der Waals surface area contributed by atoms with Crippen molar-refractivity contribution in [1.29, 1.82) is 0 Å². The molecule has 67 heavy (non-hydrogen) atoms. The highest BCUT2D eigenvalue weighted by molar-refractivity contribution is 7.22. The summed E-state index contributed by atoms with van der Waals surface area (Å²) in [7, 11) is 0. The fourth-order valence-electron chi connectivity index (χ4n) is 9.97. The summed E-state index contributed by atoms with van der Waals surface area (Å²) in [6.45, 7) is 0. The smallest absolute Gasteiger partial charge is 0.160 e. The van der Waals surface area contributed by atoms with Gasteiger partial charge in [-0.1, -0.05) is 212 Å². The molecule has 312 valence electrons. The van der Waals surface area contributed by atoms with E-state index in [-0.39, 0.29) is 0 Å². The molecule has 0 spiro atoms. The molecule has 0 amide bonds. The van der Waals surface area contributed by atoms with Gasteiger partial charge in [-0.3, -0.25) is 0 Å². The lowest BCUT2D eigenvalue weighted by atomic mass is 9.84. The van der Waals surface area contributed by atoms with E-state index in [1.165, 1.54) is 91.6 Å². The maximum atomic E-state index is 5.16. The molecule has 11 aromatic carbocycles. The minimum atomic E-state index is 0.710. The number of nitrogens with zero attached hydrogens (tertiary/aromatic N) is 2. The molecule has 0 aliphatic rings. The fourth-order valence-corrected chi connectivity index (χ4v) is 11.0. The van der Waals surface area contributed by atoms with Crippen molar-refractivity contribution in [2.75, 3.05) is 0 Å². The molecule has 0 N–H and O–H groups in total. The molecule has 13 aromatic rings. The number of hydrogen-bond acceptors (Lipinski definition) is 3. The van der Waals surface area contributed by atoms with Gasteiger partial charge in [0.2, 0.25) is 0 Å². The number of benzene rings is 11. The number of rotatable bonds is 7. The first-order valence-corrected chi connectivity index (χ1v) is 23.6. The second kappa shape index (κ2) is 16.2. The van der Waals surface area contributed by atoms with Crippen LogP contribution in [0, 0.1) is 0 Å². The molecule has 0 saturated heterocycles. The Morgan fingerprint density at radius 3 is 1.51 bits per heavy atom. The van der Waals surface area contributed by atoms with Gasteiger partial charge in [-0.15, -0.1) is 11.3 Å². The summed E-state index contributed by atoms with van der Waals surface area (Å²) < 4.78 is 1.30. The third-order valence-corrected chi connectivity index (χ3v) is 14.4. The van der Waals surface area contributed by atoms with Gasteiger partial charge >= 0.3 is 0 Å². The average Bonchev–Trinajstić information content (AvgIpc) is 3.85. The van der Waals surface area contributed by atoms with Crippen LogP contribution < -0.4 is 0 Å². The standard InChI is InChI=1S/C64H40N2S/c1-3-14-45(15-4-1)61-54-20-10-11-21-55(54)62(63-53-19-9-7-13-42(53)35-36-56(61)63)46-29-23-41(24-30-46)48-31-32-50-38-51(34-33-49(50)37-48)58-40-57(65-64(66-58)47-16-5-2-6-17-47)43-25-27-44(28-26-43)60-39-52-18-8-12-22-59(52)67-60/h1-40H. The topological polar surface area (TPSA) is 25.8 Å². The molecule has 2 heterocycles. The van der Waals surface area contributed by atoms with Crippen molar-refractivity contribution in [2.24, 2.45) is 0 Å². The summed E-state index contributed by atoms with van der Waals surface area (Å²) >= 11 is 1.83. The summed E-state index contributed by atoms with van der Waals surface area (Å²) in [6, 6.07) is 87.8. The molecule has 0 aliphatic carbocycles. The van der Waals surface area contributed by atoms with Gasteiger partial charge in [0.15, 0.2) is 5.82 Å². The van der Waals surface area contributed by atoms with Crippen molar-refractivity contribution in [3.63, 3.8) is 0 Å². The fraction of sp³-hybridized carbons (Fsp3) is 0. The maximum absolute atomic E-state index is 5.16. The van der Waals surface area contributed by atoms with Crippen molar-refractivity contribution in [2.45, 2.75) is 0 Å². The highest BCUT2D eigenvalue weighted by Crippen LogP contribution is 2.46. The van der Waals surface area contributed by atoms with Gasteiger partial charge in [-0.25, -0.2) is 9.97 Å². The minimum Gasteiger partial charge on any atom is -0.228 e. The monoisotopic (exact) mass is 868 g/mol. The summed E-state index contributed by atoms with van der Waals surface area (Å²) in [4.78, 5) is 11.5. The maximum Gasteiger partial charge on any atom is 0.160 e. The summed E-state index contributed by atoms with van der Waals surface area (Å²) in [5, 5.41) is 11.2. The molecule has 3 heteroatoms. The highest BCUT2D eigenvalue weighted by atomic mass is 32.1. The van der Waals surface area contributed by atoms with Gasteiger partial charge in [0, 0.05) is 26.3 Å². The third kappa shape index (κ3) is 6.96. The Hall–Kier alpha value is -8.50. The Labute approximate surface area is 392 Å².